The van der Waals surface area contributed by atoms with Crippen molar-refractivity contribution in [2.75, 3.05) is 24.7 Å². The highest BCUT2D eigenvalue weighted by atomic mass is 32.1. The number of terminal acetylenes is 1. The van der Waals surface area contributed by atoms with E-state index in [1.54, 1.807) is 11.3 Å². The van der Waals surface area contributed by atoms with E-state index >= 15 is 0 Å². The minimum atomic E-state index is 0.379. The molecule has 0 aliphatic carbocycles. The van der Waals surface area contributed by atoms with Gasteiger partial charge in [0.05, 0.1) is 11.6 Å². The lowest BCUT2D eigenvalue weighted by atomic mass is 10.2. The normalized spacial score (nSPS) is 10.1. The molecule has 98 valence electrons. The molecule has 0 bridgehead atoms. The SMILES string of the molecule is C#CCOCCN(Cc1ccccc1)c1cccs1. The summed E-state index contributed by atoms with van der Waals surface area (Å²) >= 11 is 1.74. The fourth-order valence-electron chi connectivity index (χ4n) is 1.83. The van der Waals surface area contributed by atoms with Gasteiger partial charge in [-0.25, -0.2) is 0 Å². The van der Waals surface area contributed by atoms with Crippen LogP contribution in [0.3, 0.4) is 0 Å². The number of thiophene rings is 1. The average molecular weight is 271 g/mol. The van der Waals surface area contributed by atoms with Crippen LogP contribution in [0.4, 0.5) is 5.00 Å². The molecule has 19 heavy (non-hydrogen) atoms. The Morgan fingerprint density at radius 2 is 2.00 bits per heavy atom. The van der Waals surface area contributed by atoms with E-state index in [-0.39, 0.29) is 0 Å². The number of hydrogen-bond donors (Lipinski definition) is 0. The van der Waals surface area contributed by atoms with Crippen LogP contribution in [0.25, 0.3) is 0 Å². The summed E-state index contributed by atoms with van der Waals surface area (Å²) in [4.78, 5) is 2.32. The second-order valence-electron chi connectivity index (χ2n) is 4.12. The first-order valence-corrected chi connectivity index (χ1v) is 7.11. The fraction of sp³-hybridized carbons (Fsp3) is 0.250. The molecule has 2 aromatic rings. The molecule has 0 fully saturated rings. The van der Waals surface area contributed by atoms with Gasteiger partial charge in [-0.2, -0.15) is 0 Å². The maximum absolute atomic E-state index is 5.38. The summed E-state index contributed by atoms with van der Waals surface area (Å²) in [6.45, 7) is 2.76. The Kier molecular flexibility index (Phi) is 5.49. The minimum absolute atomic E-state index is 0.379. The van der Waals surface area contributed by atoms with Crippen molar-refractivity contribution in [2.45, 2.75) is 6.54 Å². The Labute approximate surface area is 118 Å². The quantitative estimate of drug-likeness (QED) is 0.565. The van der Waals surface area contributed by atoms with E-state index in [0.29, 0.717) is 13.2 Å². The van der Waals surface area contributed by atoms with Gasteiger partial charge in [0.25, 0.3) is 0 Å². The van der Waals surface area contributed by atoms with E-state index in [0.717, 1.165) is 13.1 Å². The summed E-state index contributed by atoms with van der Waals surface area (Å²) in [5.41, 5.74) is 1.30. The number of benzene rings is 1. The smallest absolute Gasteiger partial charge is 0.107 e. The molecule has 0 saturated heterocycles. The summed E-state index contributed by atoms with van der Waals surface area (Å²) < 4.78 is 5.38. The number of rotatable bonds is 7. The van der Waals surface area contributed by atoms with E-state index in [4.69, 9.17) is 11.2 Å². The predicted molar refractivity (Wildman–Crippen MR) is 81.5 cm³/mol. The summed E-state index contributed by atoms with van der Waals surface area (Å²) in [6.07, 6.45) is 5.18. The second-order valence-corrected chi connectivity index (χ2v) is 5.04. The molecule has 2 rings (SSSR count). The van der Waals surface area contributed by atoms with Crippen LogP contribution in [0, 0.1) is 12.3 Å². The molecule has 1 aromatic heterocycles. The summed E-state index contributed by atoms with van der Waals surface area (Å²) in [5, 5.41) is 3.35. The Bertz CT molecular complexity index is 501. The molecule has 0 amide bonds. The second kappa shape index (κ2) is 7.63. The number of ether oxygens (including phenoxy) is 1. The minimum Gasteiger partial charge on any atom is -0.367 e. The monoisotopic (exact) mass is 271 g/mol. The van der Waals surface area contributed by atoms with Crippen molar-refractivity contribution in [2.24, 2.45) is 0 Å². The van der Waals surface area contributed by atoms with E-state index in [1.165, 1.54) is 10.6 Å². The largest absolute Gasteiger partial charge is 0.367 e. The Morgan fingerprint density at radius 1 is 1.16 bits per heavy atom. The fourth-order valence-corrected chi connectivity index (χ4v) is 2.59. The Balaban J connectivity index is 1.97. The van der Waals surface area contributed by atoms with Crippen LogP contribution >= 0.6 is 11.3 Å². The zero-order chi connectivity index (χ0) is 13.3. The summed E-state index contributed by atoms with van der Waals surface area (Å²) in [5.74, 6) is 2.49. The van der Waals surface area contributed by atoms with E-state index in [2.05, 4.69) is 52.6 Å². The topological polar surface area (TPSA) is 12.5 Å². The van der Waals surface area contributed by atoms with Crippen molar-refractivity contribution in [1.82, 2.24) is 0 Å². The number of nitrogens with zero attached hydrogens (tertiary/aromatic N) is 1. The first kappa shape index (κ1) is 13.7. The van der Waals surface area contributed by atoms with Gasteiger partial charge < -0.3 is 9.64 Å². The third-order valence-electron chi connectivity index (χ3n) is 2.73. The molecule has 0 radical (unpaired) electrons. The van der Waals surface area contributed by atoms with Gasteiger partial charge in [0.1, 0.15) is 6.61 Å². The van der Waals surface area contributed by atoms with Crippen LogP contribution in [0.2, 0.25) is 0 Å². The Morgan fingerprint density at radius 3 is 2.68 bits per heavy atom. The highest BCUT2D eigenvalue weighted by Crippen LogP contribution is 2.22. The molecule has 0 saturated carbocycles. The van der Waals surface area contributed by atoms with Gasteiger partial charge in [-0.05, 0) is 23.1 Å². The van der Waals surface area contributed by atoms with Crippen molar-refractivity contribution in [3.05, 3.63) is 53.4 Å². The molecule has 1 aromatic carbocycles. The average Bonchev–Trinajstić information content (AvgIpc) is 2.97. The van der Waals surface area contributed by atoms with Crippen LogP contribution in [0.1, 0.15) is 5.56 Å². The standard InChI is InChI=1S/C16H17NOS/c1-2-11-18-12-10-17(16-9-6-13-19-16)14-15-7-4-3-5-8-15/h1,3-9,13H,10-12,14H2. The number of anilines is 1. The van der Waals surface area contributed by atoms with Crippen molar-refractivity contribution in [3.8, 4) is 12.3 Å². The molecular weight excluding hydrogens is 254 g/mol. The molecule has 0 unspecified atom stereocenters. The summed E-state index contributed by atoms with van der Waals surface area (Å²) in [6, 6.07) is 14.7. The maximum Gasteiger partial charge on any atom is 0.107 e. The predicted octanol–water partition coefficient (Wildman–Crippen LogP) is 3.40. The van der Waals surface area contributed by atoms with Gasteiger partial charge in [0.15, 0.2) is 0 Å². The van der Waals surface area contributed by atoms with Gasteiger partial charge >= 0.3 is 0 Å². The van der Waals surface area contributed by atoms with Crippen molar-refractivity contribution in [1.29, 1.82) is 0 Å². The van der Waals surface area contributed by atoms with Crippen molar-refractivity contribution in [3.63, 3.8) is 0 Å². The van der Waals surface area contributed by atoms with Gasteiger partial charge in [0, 0.05) is 13.1 Å². The molecule has 3 heteroatoms. The molecule has 0 N–H and O–H groups in total. The van der Waals surface area contributed by atoms with Gasteiger partial charge in [-0.3, -0.25) is 0 Å². The first-order chi connectivity index (χ1) is 9.40. The maximum atomic E-state index is 5.38. The Hall–Kier alpha value is -1.76. The van der Waals surface area contributed by atoms with E-state index < -0.39 is 0 Å². The van der Waals surface area contributed by atoms with Gasteiger partial charge in [-0.15, -0.1) is 17.8 Å². The van der Waals surface area contributed by atoms with Crippen LogP contribution in [0.15, 0.2) is 47.8 Å². The lowest BCUT2D eigenvalue weighted by molar-refractivity contribution is 0.173. The van der Waals surface area contributed by atoms with Gasteiger partial charge in [-0.1, -0.05) is 36.3 Å². The first-order valence-electron chi connectivity index (χ1n) is 6.24. The van der Waals surface area contributed by atoms with Crippen molar-refractivity contribution < 1.29 is 4.74 Å². The number of hydrogen-bond acceptors (Lipinski definition) is 3. The highest BCUT2D eigenvalue weighted by Gasteiger charge is 2.08. The lowest BCUT2D eigenvalue weighted by Crippen LogP contribution is -2.26. The molecule has 0 aliphatic heterocycles. The highest BCUT2D eigenvalue weighted by molar-refractivity contribution is 7.14. The third-order valence-corrected chi connectivity index (χ3v) is 3.65. The van der Waals surface area contributed by atoms with E-state index in [9.17, 15) is 0 Å². The zero-order valence-electron chi connectivity index (χ0n) is 10.8. The molecule has 1 heterocycles. The summed E-state index contributed by atoms with van der Waals surface area (Å²) in [7, 11) is 0. The molecule has 2 nitrogen and oxygen atoms in total. The third kappa shape index (κ3) is 4.44. The molecule has 0 atom stereocenters. The lowest BCUT2D eigenvalue weighted by Gasteiger charge is -2.23. The van der Waals surface area contributed by atoms with Crippen LogP contribution in [0.5, 0.6) is 0 Å². The van der Waals surface area contributed by atoms with E-state index in [1.807, 2.05) is 6.07 Å². The van der Waals surface area contributed by atoms with Crippen LogP contribution in [-0.4, -0.2) is 19.8 Å². The van der Waals surface area contributed by atoms with Crippen LogP contribution in [-0.2, 0) is 11.3 Å². The molecule has 0 aliphatic rings. The van der Waals surface area contributed by atoms with Crippen LogP contribution < -0.4 is 4.90 Å². The molecular formula is C16H17NOS. The molecule has 0 spiro atoms. The zero-order valence-corrected chi connectivity index (χ0v) is 11.6. The van der Waals surface area contributed by atoms with Crippen molar-refractivity contribution >= 4 is 16.3 Å². The van der Waals surface area contributed by atoms with Gasteiger partial charge in [0.2, 0.25) is 0 Å².